The molecule has 3 fully saturated rings. The summed E-state index contributed by atoms with van der Waals surface area (Å²) >= 11 is 6.88. The number of piperidine rings is 1. The van der Waals surface area contributed by atoms with Crippen LogP contribution in [0.15, 0.2) is 34.1 Å². The Morgan fingerprint density at radius 1 is 1.19 bits per heavy atom. The molecule has 3 aliphatic heterocycles. The lowest BCUT2D eigenvalue weighted by atomic mass is 9.99. The predicted octanol–water partition coefficient (Wildman–Crippen LogP) is 4.46. The van der Waals surface area contributed by atoms with Gasteiger partial charge in [0, 0.05) is 38.7 Å². The highest BCUT2D eigenvalue weighted by Crippen LogP contribution is 2.37. The van der Waals surface area contributed by atoms with Gasteiger partial charge in [0.2, 0.25) is 0 Å². The van der Waals surface area contributed by atoms with Crippen LogP contribution >= 0.6 is 24.0 Å². The number of carbonyl (C=O) groups excluding carboxylic acids is 1. The van der Waals surface area contributed by atoms with E-state index in [4.69, 9.17) is 26.7 Å². The van der Waals surface area contributed by atoms with Gasteiger partial charge in [0.25, 0.3) is 11.5 Å². The number of anilines is 1. The maximum absolute atomic E-state index is 13.7. The summed E-state index contributed by atoms with van der Waals surface area (Å²) in [5.74, 6) is 0.340. The molecule has 0 bridgehead atoms. The second-order valence-corrected chi connectivity index (χ2v) is 11.6. The first-order valence-electron chi connectivity index (χ1n) is 13.2. The molecule has 0 aromatic carbocycles. The highest BCUT2D eigenvalue weighted by molar-refractivity contribution is 8.26. The van der Waals surface area contributed by atoms with Gasteiger partial charge in [-0.1, -0.05) is 63.2 Å². The average Bonchev–Trinajstić information content (AvgIpc) is 3.47. The van der Waals surface area contributed by atoms with E-state index in [1.807, 2.05) is 12.1 Å². The summed E-state index contributed by atoms with van der Waals surface area (Å²) in [5, 5.41) is 0. The number of hydrogen-bond donors (Lipinski definition) is 0. The van der Waals surface area contributed by atoms with Gasteiger partial charge in [-0.05, 0) is 30.5 Å². The van der Waals surface area contributed by atoms with Crippen molar-refractivity contribution in [2.45, 2.75) is 58.2 Å². The summed E-state index contributed by atoms with van der Waals surface area (Å²) in [4.78, 5) is 36.3. The van der Waals surface area contributed by atoms with Gasteiger partial charge in [-0.2, -0.15) is 0 Å². The van der Waals surface area contributed by atoms with Gasteiger partial charge in [-0.15, -0.1) is 0 Å². The zero-order chi connectivity index (χ0) is 26.0. The number of carbonyl (C=O) groups is 1. The quantitative estimate of drug-likeness (QED) is 0.358. The molecule has 0 N–H and O–H groups in total. The molecule has 1 atom stereocenters. The summed E-state index contributed by atoms with van der Waals surface area (Å²) in [5.41, 5.74) is 0.780. The van der Waals surface area contributed by atoms with Crippen LogP contribution in [0.5, 0.6) is 0 Å². The first-order chi connectivity index (χ1) is 17.9. The van der Waals surface area contributed by atoms with Gasteiger partial charge in [0.05, 0.1) is 23.7 Å². The lowest BCUT2D eigenvalue weighted by Gasteiger charge is -2.38. The third-order valence-electron chi connectivity index (χ3n) is 7.52. The van der Waals surface area contributed by atoms with Crippen LogP contribution in [0.3, 0.4) is 0 Å². The Labute approximate surface area is 227 Å². The third-order valence-corrected chi connectivity index (χ3v) is 8.90. The fourth-order valence-electron chi connectivity index (χ4n) is 5.27. The number of pyridine rings is 1. The van der Waals surface area contributed by atoms with Crippen LogP contribution in [0, 0.1) is 5.92 Å². The van der Waals surface area contributed by atoms with Gasteiger partial charge >= 0.3 is 0 Å². The minimum atomic E-state index is -0.529. The number of ether oxygens (including phenoxy) is 2. The second-order valence-electron chi connectivity index (χ2n) is 9.89. The molecule has 0 saturated carbocycles. The molecule has 1 unspecified atom stereocenters. The van der Waals surface area contributed by atoms with Crippen LogP contribution in [0.25, 0.3) is 11.7 Å². The Morgan fingerprint density at radius 3 is 2.65 bits per heavy atom. The van der Waals surface area contributed by atoms with Crippen molar-refractivity contribution in [1.29, 1.82) is 0 Å². The molecule has 5 heterocycles. The minimum absolute atomic E-state index is 0.126. The number of fused-ring (bicyclic) bond motifs is 1. The highest BCUT2D eigenvalue weighted by Gasteiger charge is 2.41. The third kappa shape index (κ3) is 5.34. The molecule has 5 rings (SSSR count). The van der Waals surface area contributed by atoms with Crippen LogP contribution < -0.4 is 10.5 Å². The van der Waals surface area contributed by atoms with E-state index in [2.05, 4.69) is 18.7 Å². The Morgan fingerprint density at radius 2 is 1.95 bits per heavy atom. The van der Waals surface area contributed by atoms with Crippen molar-refractivity contribution < 1.29 is 14.3 Å². The number of aromatic nitrogens is 2. The normalized spacial score (nSPS) is 21.6. The first kappa shape index (κ1) is 26.3. The van der Waals surface area contributed by atoms with Crippen molar-refractivity contribution >= 4 is 51.7 Å². The molecule has 1 amide bonds. The Balaban J connectivity index is 1.47. The van der Waals surface area contributed by atoms with E-state index < -0.39 is 5.79 Å². The van der Waals surface area contributed by atoms with Crippen molar-refractivity contribution in [2.75, 3.05) is 37.7 Å². The van der Waals surface area contributed by atoms with Crippen molar-refractivity contribution in [3.05, 3.63) is 45.2 Å². The summed E-state index contributed by atoms with van der Waals surface area (Å²) in [6.07, 6.45) is 9.14. The lowest BCUT2D eigenvalue weighted by Crippen LogP contribution is -2.46. The number of thioether (sulfide) groups is 1. The molecule has 3 saturated heterocycles. The maximum atomic E-state index is 13.7. The van der Waals surface area contributed by atoms with E-state index in [9.17, 15) is 9.59 Å². The van der Waals surface area contributed by atoms with Crippen molar-refractivity contribution in [3.63, 3.8) is 0 Å². The van der Waals surface area contributed by atoms with E-state index in [0.717, 1.165) is 25.7 Å². The molecule has 37 heavy (non-hydrogen) atoms. The van der Waals surface area contributed by atoms with Crippen molar-refractivity contribution in [1.82, 2.24) is 14.3 Å². The molecule has 198 valence electrons. The molecule has 2 aromatic heterocycles. The second kappa shape index (κ2) is 11.2. The molecule has 0 aliphatic carbocycles. The molecule has 10 heteroatoms. The minimum Gasteiger partial charge on any atom is -0.355 e. The molecular formula is C27H34N4O4S2. The predicted molar refractivity (Wildman–Crippen MR) is 151 cm³/mol. The molecule has 1 spiro atoms. The van der Waals surface area contributed by atoms with E-state index in [0.29, 0.717) is 77.9 Å². The van der Waals surface area contributed by atoms with Crippen molar-refractivity contribution in [2.24, 2.45) is 5.92 Å². The van der Waals surface area contributed by atoms with Crippen LogP contribution in [-0.2, 0) is 14.3 Å². The number of hydrogen-bond acceptors (Lipinski definition) is 8. The van der Waals surface area contributed by atoms with Crippen LogP contribution in [0.2, 0.25) is 0 Å². The Kier molecular flexibility index (Phi) is 7.99. The van der Waals surface area contributed by atoms with Crippen LogP contribution in [0.4, 0.5) is 5.82 Å². The molecule has 8 nitrogen and oxygen atoms in total. The molecule has 3 aliphatic rings. The zero-order valence-corrected chi connectivity index (χ0v) is 23.1. The number of thiocarbonyl (C=S) groups is 1. The monoisotopic (exact) mass is 542 g/mol. The highest BCUT2D eigenvalue weighted by atomic mass is 32.2. The van der Waals surface area contributed by atoms with Gasteiger partial charge in [0.15, 0.2) is 5.79 Å². The smallest absolute Gasteiger partial charge is 0.267 e. The van der Waals surface area contributed by atoms with E-state index in [1.54, 1.807) is 23.2 Å². The largest absolute Gasteiger partial charge is 0.355 e. The summed E-state index contributed by atoms with van der Waals surface area (Å²) < 4.78 is 13.9. The summed E-state index contributed by atoms with van der Waals surface area (Å²) in [6, 6.07) is 5.49. The molecule has 2 aromatic rings. The van der Waals surface area contributed by atoms with Gasteiger partial charge < -0.3 is 14.4 Å². The fraction of sp³-hybridized carbons (Fsp3) is 0.556. The Hall–Kier alpha value is -2.27. The fourth-order valence-corrected chi connectivity index (χ4v) is 6.52. The molecule has 0 radical (unpaired) electrons. The van der Waals surface area contributed by atoms with E-state index >= 15 is 0 Å². The summed E-state index contributed by atoms with van der Waals surface area (Å²) in [7, 11) is 0. The topological polar surface area (TPSA) is 76.4 Å². The van der Waals surface area contributed by atoms with Gasteiger partial charge in [-0.3, -0.25) is 18.9 Å². The maximum Gasteiger partial charge on any atom is 0.267 e. The zero-order valence-electron chi connectivity index (χ0n) is 21.5. The lowest BCUT2D eigenvalue weighted by molar-refractivity contribution is -0.169. The Bertz CT molecular complexity index is 1260. The van der Waals surface area contributed by atoms with E-state index in [1.165, 1.54) is 16.2 Å². The van der Waals surface area contributed by atoms with Gasteiger partial charge in [-0.25, -0.2) is 4.98 Å². The number of unbranched alkanes of at least 4 members (excludes halogenated alkanes) is 1. The number of amides is 1. The standard InChI is InChI=1S/C27H34N4O4S2/c1-3-5-8-19(4-2)18-31-25(33)21(37-26(31)36)17-20-23(28-22-9-6-7-12-30(22)24(20)32)29-13-10-27(11-14-29)34-15-16-35-27/h6-7,9,12,17,19H,3-5,8,10-11,13-16,18H2,1-2H3. The average molecular weight is 543 g/mol. The number of rotatable bonds is 8. The van der Waals surface area contributed by atoms with Crippen molar-refractivity contribution in [3.8, 4) is 0 Å². The van der Waals surface area contributed by atoms with Crippen LogP contribution in [-0.4, -0.2) is 63.1 Å². The summed E-state index contributed by atoms with van der Waals surface area (Å²) in [6.45, 7) is 7.47. The van der Waals surface area contributed by atoms with Crippen LogP contribution in [0.1, 0.15) is 57.9 Å². The van der Waals surface area contributed by atoms with Gasteiger partial charge in [0.1, 0.15) is 15.8 Å². The first-order valence-corrected chi connectivity index (χ1v) is 14.5. The molecular weight excluding hydrogens is 508 g/mol. The number of nitrogens with zero attached hydrogens (tertiary/aromatic N) is 4. The SMILES string of the molecule is CCCCC(CC)CN1C(=O)C(=Cc2c(N3CCC4(CC3)OCCO4)nc3ccccn3c2=O)SC1=S. The van der Waals surface area contributed by atoms with E-state index in [-0.39, 0.29) is 11.5 Å².